The van der Waals surface area contributed by atoms with E-state index in [4.69, 9.17) is 0 Å². The van der Waals surface area contributed by atoms with Gasteiger partial charge >= 0.3 is 0 Å². The minimum absolute atomic E-state index is 0.00295. The maximum absolute atomic E-state index is 11.6. The maximum atomic E-state index is 11.6. The number of pyridine rings is 1. The molecule has 0 aliphatic heterocycles. The molecule has 1 amide bonds. The van der Waals surface area contributed by atoms with Crippen molar-refractivity contribution in [2.75, 3.05) is 6.54 Å². The third-order valence-electron chi connectivity index (χ3n) is 2.89. The number of aromatic nitrogens is 3. The fourth-order valence-electron chi connectivity index (χ4n) is 2.10. The summed E-state index contributed by atoms with van der Waals surface area (Å²) in [5.41, 5.74) is 2.91. The molecule has 0 bridgehead atoms. The maximum Gasteiger partial charge on any atom is 0.234 e. The van der Waals surface area contributed by atoms with Crippen LogP contribution in [0.3, 0.4) is 0 Å². The van der Waals surface area contributed by atoms with Gasteiger partial charge in [-0.05, 0) is 26.0 Å². The Morgan fingerprint density at radius 3 is 2.90 bits per heavy atom. The van der Waals surface area contributed by atoms with Gasteiger partial charge in [0.15, 0.2) is 0 Å². The van der Waals surface area contributed by atoms with Crippen LogP contribution in [0.1, 0.15) is 19.4 Å². The average Bonchev–Trinajstić information content (AvgIpc) is 2.80. The van der Waals surface area contributed by atoms with Crippen molar-refractivity contribution in [2.24, 2.45) is 7.05 Å². The Balaban J connectivity index is 2.00. The Morgan fingerprint density at radius 1 is 1.43 bits per heavy atom. The van der Waals surface area contributed by atoms with E-state index >= 15 is 0 Å². The number of nitrogens with one attached hydrogen (secondary N) is 2. The summed E-state index contributed by atoms with van der Waals surface area (Å²) in [4.78, 5) is 15.7. The van der Waals surface area contributed by atoms with Gasteiger partial charge in [0.2, 0.25) is 5.91 Å². The van der Waals surface area contributed by atoms with Crippen LogP contribution in [0.5, 0.6) is 0 Å². The zero-order chi connectivity index (χ0) is 15.2. The van der Waals surface area contributed by atoms with Crippen molar-refractivity contribution in [3.8, 4) is 11.3 Å². The second-order valence-electron chi connectivity index (χ2n) is 5.24. The molecule has 21 heavy (non-hydrogen) atoms. The molecule has 0 aromatic carbocycles. The van der Waals surface area contributed by atoms with Crippen LogP contribution < -0.4 is 10.6 Å². The zero-order valence-electron chi connectivity index (χ0n) is 12.6. The van der Waals surface area contributed by atoms with Crippen molar-refractivity contribution in [3.05, 3.63) is 36.3 Å². The number of carbonyl (C=O) groups is 1. The minimum Gasteiger partial charge on any atom is -0.353 e. The fraction of sp³-hybridized carbons (Fsp3) is 0.400. The van der Waals surface area contributed by atoms with Crippen molar-refractivity contribution in [1.82, 2.24) is 25.4 Å². The van der Waals surface area contributed by atoms with Crippen LogP contribution >= 0.6 is 0 Å². The first kappa shape index (κ1) is 15.2. The van der Waals surface area contributed by atoms with Crippen LogP contribution in [0.4, 0.5) is 0 Å². The Kier molecular flexibility index (Phi) is 5.05. The number of amides is 1. The summed E-state index contributed by atoms with van der Waals surface area (Å²) in [7, 11) is 1.88. The fourth-order valence-corrected chi connectivity index (χ4v) is 2.10. The minimum atomic E-state index is -0.00295. The monoisotopic (exact) mass is 287 g/mol. The van der Waals surface area contributed by atoms with Crippen LogP contribution in [0.2, 0.25) is 0 Å². The van der Waals surface area contributed by atoms with Gasteiger partial charge in [-0.15, -0.1) is 0 Å². The highest BCUT2D eigenvalue weighted by Gasteiger charge is 2.10. The molecular formula is C15H21N5O. The van der Waals surface area contributed by atoms with E-state index in [9.17, 15) is 4.79 Å². The van der Waals surface area contributed by atoms with E-state index in [0.29, 0.717) is 13.1 Å². The number of nitrogens with zero attached hydrogens (tertiary/aromatic N) is 3. The lowest BCUT2D eigenvalue weighted by Gasteiger charge is -2.09. The Morgan fingerprint density at radius 2 is 2.24 bits per heavy atom. The highest BCUT2D eigenvalue weighted by molar-refractivity contribution is 5.78. The molecule has 2 heterocycles. The highest BCUT2D eigenvalue weighted by atomic mass is 16.1. The van der Waals surface area contributed by atoms with E-state index in [0.717, 1.165) is 16.8 Å². The first-order chi connectivity index (χ1) is 10.1. The molecule has 2 aromatic rings. The molecule has 2 rings (SSSR count). The molecule has 0 fully saturated rings. The lowest BCUT2D eigenvalue weighted by Crippen LogP contribution is -2.37. The lowest BCUT2D eigenvalue weighted by atomic mass is 10.1. The lowest BCUT2D eigenvalue weighted by molar-refractivity contribution is -0.120. The van der Waals surface area contributed by atoms with Crippen LogP contribution in [0.25, 0.3) is 11.3 Å². The van der Waals surface area contributed by atoms with Crippen LogP contribution in [-0.2, 0) is 18.4 Å². The largest absolute Gasteiger partial charge is 0.353 e. The third-order valence-corrected chi connectivity index (χ3v) is 2.89. The second-order valence-corrected chi connectivity index (χ2v) is 5.24. The molecule has 112 valence electrons. The summed E-state index contributed by atoms with van der Waals surface area (Å²) >= 11 is 0. The van der Waals surface area contributed by atoms with Gasteiger partial charge in [0.1, 0.15) is 0 Å². The summed E-state index contributed by atoms with van der Waals surface area (Å²) in [6.45, 7) is 4.77. The Labute approximate surface area is 124 Å². The van der Waals surface area contributed by atoms with Gasteiger partial charge in [0.05, 0.1) is 12.2 Å². The highest BCUT2D eigenvalue weighted by Crippen LogP contribution is 2.20. The van der Waals surface area contributed by atoms with Crippen LogP contribution in [0, 0.1) is 0 Å². The van der Waals surface area contributed by atoms with E-state index in [-0.39, 0.29) is 11.9 Å². The Hall–Kier alpha value is -2.21. The number of rotatable bonds is 6. The molecule has 0 radical (unpaired) electrons. The number of hydrogen-bond donors (Lipinski definition) is 2. The van der Waals surface area contributed by atoms with Gasteiger partial charge < -0.3 is 10.6 Å². The predicted octanol–water partition coefficient (Wildman–Crippen LogP) is 1.10. The smallest absolute Gasteiger partial charge is 0.234 e. The summed E-state index contributed by atoms with van der Waals surface area (Å²) in [5, 5.41) is 10.5. The van der Waals surface area contributed by atoms with Gasteiger partial charge in [-0.2, -0.15) is 5.10 Å². The van der Waals surface area contributed by atoms with Crippen molar-refractivity contribution in [1.29, 1.82) is 0 Å². The van der Waals surface area contributed by atoms with E-state index in [1.54, 1.807) is 17.1 Å². The molecule has 0 unspecified atom stereocenters. The van der Waals surface area contributed by atoms with E-state index in [2.05, 4.69) is 20.7 Å². The second kappa shape index (κ2) is 6.99. The summed E-state index contributed by atoms with van der Waals surface area (Å²) < 4.78 is 1.77. The van der Waals surface area contributed by atoms with Gasteiger partial charge in [-0.1, -0.05) is 0 Å². The molecule has 0 saturated carbocycles. The molecule has 0 spiro atoms. The van der Waals surface area contributed by atoms with Gasteiger partial charge in [-0.3, -0.25) is 14.5 Å². The summed E-state index contributed by atoms with van der Waals surface area (Å²) in [6.07, 6.45) is 5.48. The van der Waals surface area contributed by atoms with Crippen molar-refractivity contribution in [3.63, 3.8) is 0 Å². The van der Waals surface area contributed by atoms with Gasteiger partial charge in [0, 0.05) is 49.4 Å². The van der Waals surface area contributed by atoms with E-state index in [1.807, 2.05) is 39.2 Å². The van der Waals surface area contributed by atoms with Crippen LogP contribution in [-0.4, -0.2) is 33.3 Å². The summed E-state index contributed by atoms with van der Waals surface area (Å²) in [6, 6.07) is 4.02. The predicted molar refractivity (Wildman–Crippen MR) is 81.4 cm³/mol. The first-order valence-electron chi connectivity index (χ1n) is 6.99. The average molecular weight is 287 g/mol. The molecule has 0 atom stereocenters. The van der Waals surface area contributed by atoms with Crippen molar-refractivity contribution >= 4 is 5.91 Å². The van der Waals surface area contributed by atoms with Crippen molar-refractivity contribution < 1.29 is 4.79 Å². The topological polar surface area (TPSA) is 71.8 Å². The molecule has 2 aromatic heterocycles. The van der Waals surface area contributed by atoms with Gasteiger partial charge in [-0.25, -0.2) is 0 Å². The number of carbonyl (C=O) groups excluding carboxylic acids is 1. The molecule has 6 heteroatoms. The number of aryl methyl sites for hydroxylation is 1. The molecule has 0 aliphatic carbocycles. The Bertz CT molecular complexity index is 591. The molecule has 2 N–H and O–H groups in total. The molecule has 0 saturated heterocycles. The molecule has 0 aliphatic rings. The third kappa shape index (κ3) is 4.39. The van der Waals surface area contributed by atoms with E-state index in [1.165, 1.54) is 0 Å². The van der Waals surface area contributed by atoms with Gasteiger partial charge in [0.25, 0.3) is 0 Å². The van der Waals surface area contributed by atoms with Crippen molar-refractivity contribution in [2.45, 2.75) is 26.4 Å². The van der Waals surface area contributed by atoms with Crippen LogP contribution in [0.15, 0.2) is 30.7 Å². The molecule has 6 nitrogen and oxygen atoms in total. The van der Waals surface area contributed by atoms with E-state index < -0.39 is 0 Å². The SMILES string of the molecule is CC(C)NC(=O)CNCc1cn(C)nc1-c1cccnc1. The molecular weight excluding hydrogens is 266 g/mol. The quantitative estimate of drug-likeness (QED) is 0.834. The standard InChI is InChI=1S/C15H21N5O/c1-11(2)18-14(21)9-17-8-13-10-20(3)19-15(13)12-5-4-6-16-7-12/h4-7,10-11,17H,8-9H2,1-3H3,(H,18,21). The normalized spacial score (nSPS) is 10.9. The first-order valence-corrected chi connectivity index (χ1v) is 6.99. The number of hydrogen-bond acceptors (Lipinski definition) is 4. The zero-order valence-corrected chi connectivity index (χ0v) is 12.6. The summed E-state index contributed by atoms with van der Waals surface area (Å²) in [5.74, 6) is -0.00295.